The van der Waals surface area contributed by atoms with E-state index in [0.717, 1.165) is 17.1 Å². The number of likely N-dealkylation sites (tertiary alicyclic amines) is 1. The van der Waals surface area contributed by atoms with E-state index in [4.69, 9.17) is 9.47 Å². The van der Waals surface area contributed by atoms with Crippen molar-refractivity contribution in [2.24, 2.45) is 0 Å². The molecular formula is C13H16INO3Zn. The molecule has 1 fully saturated rings. The first kappa shape index (κ1) is 18.6. The van der Waals surface area contributed by atoms with Crippen molar-refractivity contribution in [3.63, 3.8) is 0 Å². The number of nitrogens with zero attached hydrogens (tertiary/aromatic N) is 1. The van der Waals surface area contributed by atoms with Crippen LogP contribution in [0.5, 0.6) is 11.5 Å². The van der Waals surface area contributed by atoms with Crippen LogP contribution in [0, 0.1) is 6.42 Å². The van der Waals surface area contributed by atoms with Gasteiger partial charge in [0.2, 0.25) is 0 Å². The van der Waals surface area contributed by atoms with Gasteiger partial charge in [-0.1, -0.05) is 6.42 Å². The molecule has 0 spiro atoms. The van der Waals surface area contributed by atoms with Crippen LogP contribution in [-0.2, 0) is 30.8 Å². The van der Waals surface area contributed by atoms with Crippen molar-refractivity contribution in [3.05, 3.63) is 30.2 Å². The quantitative estimate of drug-likeness (QED) is 0.339. The normalized spacial score (nSPS) is 13.6. The molecule has 0 atom stereocenters. The van der Waals surface area contributed by atoms with Crippen LogP contribution in [0.4, 0.5) is 0 Å². The van der Waals surface area contributed by atoms with Crippen LogP contribution in [0.25, 0.3) is 0 Å². The van der Waals surface area contributed by atoms with E-state index in [-0.39, 0.29) is 49.4 Å². The van der Waals surface area contributed by atoms with Crippen LogP contribution in [0.15, 0.2) is 18.2 Å². The summed E-state index contributed by atoms with van der Waals surface area (Å²) in [6, 6.07) is 5.64. The zero-order valence-corrected chi connectivity index (χ0v) is 16.3. The second kappa shape index (κ2) is 8.74. The third-order valence-electron chi connectivity index (χ3n) is 2.88. The summed E-state index contributed by atoms with van der Waals surface area (Å²) in [6.07, 6.45) is 2.52. The van der Waals surface area contributed by atoms with Crippen LogP contribution >= 0.6 is 0 Å². The zero-order chi connectivity index (χ0) is 12.3. The van der Waals surface area contributed by atoms with Crippen molar-refractivity contribution in [2.75, 3.05) is 20.8 Å². The molecule has 1 amide bonds. The molecule has 0 aromatic heterocycles. The van der Waals surface area contributed by atoms with Gasteiger partial charge in [-0.2, -0.15) is 0 Å². The molecule has 6 heteroatoms. The molecular weight excluding hydrogens is 410 g/mol. The van der Waals surface area contributed by atoms with Crippen molar-refractivity contribution < 1.29 is 57.7 Å². The number of carbonyl (C=O) groups excluding carboxylic acids is 1. The molecule has 1 aromatic rings. The fraction of sp³-hybridized carbons (Fsp3) is 0.385. The van der Waals surface area contributed by atoms with Crippen molar-refractivity contribution in [3.8, 4) is 11.5 Å². The second-order valence-electron chi connectivity index (χ2n) is 3.94. The molecule has 1 aliphatic heterocycles. The maximum atomic E-state index is 11.5. The molecule has 0 unspecified atom stereocenters. The molecule has 0 N–H and O–H groups in total. The Morgan fingerprint density at radius 3 is 2.58 bits per heavy atom. The fourth-order valence-electron chi connectivity index (χ4n) is 1.92. The Bertz CT molecular complexity index is 428. The molecule has 0 bridgehead atoms. The number of amides is 1. The minimum atomic E-state index is 0. The molecule has 0 saturated carbocycles. The van der Waals surface area contributed by atoms with Crippen LogP contribution < -0.4 is 33.5 Å². The van der Waals surface area contributed by atoms with E-state index in [1.54, 1.807) is 14.2 Å². The zero-order valence-electron chi connectivity index (χ0n) is 11.2. The van der Waals surface area contributed by atoms with Crippen molar-refractivity contribution in [1.82, 2.24) is 4.90 Å². The average molecular weight is 427 g/mol. The van der Waals surface area contributed by atoms with Crippen molar-refractivity contribution in [2.45, 2.75) is 13.0 Å². The number of halogens is 1. The van der Waals surface area contributed by atoms with Crippen LogP contribution in [0.3, 0.4) is 0 Å². The summed E-state index contributed by atoms with van der Waals surface area (Å²) in [7, 11) is 3.24. The summed E-state index contributed by atoms with van der Waals surface area (Å²) in [4.78, 5) is 13.3. The molecule has 1 aromatic carbocycles. The van der Waals surface area contributed by atoms with Crippen LogP contribution in [0.1, 0.15) is 12.0 Å². The van der Waals surface area contributed by atoms with Gasteiger partial charge in [0.15, 0.2) is 5.91 Å². The van der Waals surface area contributed by atoms with Gasteiger partial charge in [0.05, 0.1) is 14.2 Å². The van der Waals surface area contributed by atoms with Gasteiger partial charge in [-0.15, -0.1) is 6.54 Å². The predicted molar refractivity (Wildman–Crippen MR) is 63.9 cm³/mol. The van der Waals surface area contributed by atoms with Crippen LogP contribution in [0.2, 0.25) is 0 Å². The van der Waals surface area contributed by atoms with Gasteiger partial charge in [0, 0.05) is 18.2 Å². The van der Waals surface area contributed by atoms with Crippen molar-refractivity contribution >= 4 is 5.91 Å². The summed E-state index contributed by atoms with van der Waals surface area (Å²) in [5.74, 6) is 1.68. The molecule has 1 saturated heterocycles. The SMILES string of the molecule is COc1ccc(CN2C[CH-]CC2=O)c(OC)c1.[I-].[Zn+2]. The summed E-state index contributed by atoms with van der Waals surface area (Å²) < 4.78 is 10.4. The number of methoxy groups -OCH3 is 2. The Hall–Kier alpha value is -0.357. The van der Waals surface area contributed by atoms with E-state index in [1.807, 2.05) is 29.5 Å². The fourth-order valence-corrected chi connectivity index (χ4v) is 1.92. The Balaban J connectivity index is 0.00000162. The minimum absolute atomic E-state index is 0. The van der Waals surface area contributed by atoms with E-state index in [1.165, 1.54) is 0 Å². The molecule has 19 heavy (non-hydrogen) atoms. The molecule has 4 nitrogen and oxygen atoms in total. The predicted octanol–water partition coefficient (Wildman–Crippen LogP) is -1.36. The summed E-state index contributed by atoms with van der Waals surface area (Å²) >= 11 is 0. The van der Waals surface area contributed by atoms with Gasteiger partial charge in [-0.3, -0.25) is 4.79 Å². The standard InChI is InChI=1S/C13H16NO3.HI.Zn/c1-16-11-6-5-10(12(8-11)17-2)9-14-7-3-4-13(14)15;;/h3,5-6,8H,4,7,9H2,1-2H3;1H;/q-1;;+2/p-1. The number of rotatable bonds is 4. The molecule has 0 radical (unpaired) electrons. The van der Waals surface area contributed by atoms with Gasteiger partial charge in [-0.25, -0.2) is 0 Å². The largest absolute Gasteiger partial charge is 2.00 e. The number of benzene rings is 1. The van der Waals surface area contributed by atoms with Crippen LogP contribution in [-0.4, -0.2) is 31.6 Å². The number of carbonyl (C=O) groups is 1. The van der Waals surface area contributed by atoms with E-state index >= 15 is 0 Å². The maximum Gasteiger partial charge on any atom is 2.00 e. The third kappa shape index (κ3) is 4.60. The molecule has 0 aliphatic carbocycles. The van der Waals surface area contributed by atoms with Gasteiger partial charge in [-0.05, 0) is 12.1 Å². The first-order valence-electron chi connectivity index (χ1n) is 5.55. The van der Waals surface area contributed by atoms with E-state index in [0.29, 0.717) is 19.5 Å². The smallest absolute Gasteiger partial charge is 1.00 e. The monoisotopic (exact) mass is 425 g/mol. The summed E-state index contributed by atoms with van der Waals surface area (Å²) in [6.45, 7) is 1.30. The van der Waals surface area contributed by atoms with Crippen molar-refractivity contribution in [1.29, 1.82) is 0 Å². The van der Waals surface area contributed by atoms with Gasteiger partial charge >= 0.3 is 19.5 Å². The first-order chi connectivity index (χ1) is 8.24. The molecule has 1 aliphatic rings. The maximum absolute atomic E-state index is 11.5. The molecule has 1 heterocycles. The Morgan fingerprint density at radius 2 is 2.05 bits per heavy atom. The van der Waals surface area contributed by atoms with Gasteiger partial charge in [0.1, 0.15) is 11.5 Å². The average Bonchev–Trinajstić information content (AvgIpc) is 2.75. The summed E-state index contributed by atoms with van der Waals surface area (Å²) in [5, 5.41) is 0. The minimum Gasteiger partial charge on any atom is -1.00 e. The number of hydrogen-bond acceptors (Lipinski definition) is 3. The molecule has 100 valence electrons. The van der Waals surface area contributed by atoms with Gasteiger partial charge < -0.3 is 44.8 Å². The van der Waals surface area contributed by atoms with E-state index in [2.05, 4.69) is 0 Å². The Kier molecular flexibility index (Phi) is 8.58. The molecule has 2 rings (SSSR count). The first-order valence-corrected chi connectivity index (χ1v) is 5.55. The second-order valence-corrected chi connectivity index (χ2v) is 3.94. The Morgan fingerprint density at radius 1 is 1.32 bits per heavy atom. The van der Waals surface area contributed by atoms with Gasteiger partial charge in [0.25, 0.3) is 0 Å². The van der Waals surface area contributed by atoms with E-state index in [9.17, 15) is 4.79 Å². The topological polar surface area (TPSA) is 38.8 Å². The summed E-state index contributed by atoms with van der Waals surface area (Å²) in [5.41, 5.74) is 0.997. The Labute approximate surface area is 143 Å². The number of ether oxygens (including phenoxy) is 2. The third-order valence-corrected chi connectivity index (χ3v) is 2.88. The van der Waals surface area contributed by atoms with E-state index < -0.39 is 0 Å². The number of hydrogen-bond donors (Lipinski definition) is 0.